The molecule has 2 aromatic rings. The number of carbonyl (C=O) groups excluding carboxylic acids is 2. The molecule has 0 bridgehead atoms. The summed E-state index contributed by atoms with van der Waals surface area (Å²) in [5, 5.41) is 0. The second-order valence-electron chi connectivity index (χ2n) is 6.83. The number of nitrogens with two attached hydrogens (primary N) is 1. The largest absolute Gasteiger partial charge is 0.494 e. The lowest BCUT2D eigenvalue weighted by molar-refractivity contribution is -0.123. The Morgan fingerprint density at radius 3 is 2.50 bits per heavy atom. The molecule has 0 unspecified atom stereocenters. The van der Waals surface area contributed by atoms with Crippen LogP contribution >= 0.6 is 11.8 Å². The molecular formula is C22H26N2O3S. The van der Waals surface area contributed by atoms with Gasteiger partial charge in [0.05, 0.1) is 6.61 Å². The minimum Gasteiger partial charge on any atom is -0.494 e. The molecule has 0 aromatic heterocycles. The van der Waals surface area contributed by atoms with E-state index in [1.165, 1.54) is 4.90 Å². The average molecular weight is 399 g/mol. The number of piperidine rings is 1. The Balaban J connectivity index is 1.72. The van der Waals surface area contributed by atoms with Crippen LogP contribution in [0.2, 0.25) is 0 Å². The Morgan fingerprint density at radius 2 is 1.86 bits per heavy atom. The molecule has 5 nitrogen and oxygen atoms in total. The molecule has 2 N–H and O–H groups in total. The van der Waals surface area contributed by atoms with Crippen LogP contribution in [0.15, 0.2) is 53.4 Å². The predicted molar refractivity (Wildman–Crippen MR) is 111 cm³/mol. The Kier molecular flexibility index (Phi) is 6.98. The van der Waals surface area contributed by atoms with Gasteiger partial charge >= 0.3 is 0 Å². The van der Waals surface area contributed by atoms with Crippen LogP contribution in [0, 0.1) is 5.92 Å². The molecule has 0 radical (unpaired) electrons. The molecule has 2 aromatic carbocycles. The van der Waals surface area contributed by atoms with Crippen molar-refractivity contribution in [3.05, 3.63) is 59.7 Å². The van der Waals surface area contributed by atoms with E-state index < -0.39 is 0 Å². The number of benzene rings is 2. The fourth-order valence-corrected chi connectivity index (χ4v) is 4.25. The van der Waals surface area contributed by atoms with E-state index in [1.54, 1.807) is 11.8 Å². The average Bonchev–Trinajstić information content (AvgIpc) is 2.73. The molecule has 0 spiro atoms. The molecule has 0 atom stereocenters. The lowest BCUT2D eigenvalue weighted by Gasteiger charge is -2.30. The van der Waals surface area contributed by atoms with Crippen LogP contribution in [0.3, 0.4) is 0 Å². The molecule has 1 saturated heterocycles. The summed E-state index contributed by atoms with van der Waals surface area (Å²) in [6.45, 7) is 3.66. The van der Waals surface area contributed by atoms with Crippen molar-refractivity contribution in [3.8, 4) is 5.75 Å². The van der Waals surface area contributed by atoms with Gasteiger partial charge in [-0.15, -0.1) is 11.8 Å². The van der Waals surface area contributed by atoms with Crippen LogP contribution < -0.4 is 10.5 Å². The zero-order valence-corrected chi connectivity index (χ0v) is 16.9. The number of primary amides is 1. The quantitative estimate of drug-likeness (QED) is 0.722. The van der Waals surface area contributed by atoms with Crippen molar-refractivity contribution in [2.24, 2.45) is 11.7 Å². The number of carbonyl (C=O) groups is 2. The fraction of sp³-hybridized carbons (Fsp3) is 0.364. The number of ether oxygens (including phenoxy) is 1. The maximum absolute atomic E-state index is 12.9. The molecule has 1 heterocycles. The Morgan fingerprint density at radius 1 is 1.14 bits per heavy atom. The van der Waals surface area contributed by atoms with Crippen molar-refractivity contribution < 1.29 is 14.3 Å². The second kappa shape index (κ2) is 9.64. The number of rotatable bonds is 7. The summed E-state index contributed by atoms with van der Waals surface area (Å²) in [5.74, 6) is 1.15. The molecule has 3 rings (SSSR count). The Labute approximate surface area is 170 Å². The SMILES string of the molecule is CCOc1ccc(C(=O)N2CCC(C(N)=O)CC2)cc1CSc1ccccc1. The summed E-state index contributed by atoms with van der Waals surface area (Å²) in [5.41, 5.74) is 7.05. The number of thioether (sulfide) groups is 1. The molecule has 6 heteroatoms. The summed E-state index contributed by atoms with van der Waals surface area (Å²) in [4.78, 5) is 27.3. The normalized spacial score (nSPS) is 14.7. The molecule has 1 fully saturated rings. The number of hydrogen-bond acceptors (Lipinski definition) is 4. The minimum absolute atomic E-state index is 0.00284. The zero-order chi connectivity index (χ0) is 19.9. The van der Waals surface area contributed by atoms with Gasteiger partial charge < -0.3 is 15.4 Å². The van der Waals surface area contributed by atoms with Gasteiger partial charge in [0.15, 0.2) is 0 Å². The second-order valence-corrected chi connectivity index (χ2v) is 7.87. The molecular weight excluding hydrogens is 372 g/mol. The minimum atomic E-state index is -0.270. The lowest BCUT2D eigenvalue weighted by Crippen LogP contribution is -2.41. The highest BCUT2D eigenvalue weighted by Crippen LogP contribution is 2.30. The van der Waals surface area contributed by atoms with Gasteiger partial charge in [0, 0.05) is 40.8 Å². The van der Waals surface area contributed by atoms with Crippen molar-refractivity contribution in [2.75, 3.05) is 19.7 Å². The van der Waals surface area contributed by atoms with Gasteiger partial charge in [0.2, 0.25) is 5.91 Å². The van der Waals surface area contributed by atoms with Crippen molar-refractivity contribution in [1.29, 1.82) is 0 Å². The van der Waals surface area contributed by atoms with E-state index in [1.807, 2.05) is 48.2 Å². The Hall–Kier alpha value is -2.47. The first kappa shape index (κ1) is 20.3. The number of nitrogens with zero attached hydrogens (tertiary/aromatic N) is 1. The highest BCUT2D eigenvalue weighted by Gasteiger charge is 2.26. The van der Waals surface area contributed by atoms with E-state index in [0.29, 0.717) is 38.1 Å². The molecule has 2 amide bonds. The number of hydrogen-bond donors (Lipinski definition) is 1. The Bertz CT molecular complexity index is 818. The van der Waals surface area contributed by atoms with Gasteiger partial charge in [-0.3, -0.25) is 9.59 Å². The molecule has 1 aliphatic heterocycles. The van der Waals surface area contributed by atoms with Crippen LogP contribution in [0.1, 0.15) is 35.7 Å². The van der Waals surface area contributed by atoms with Crippen LogP contribution in [-0.4, -0.2) is 36.4 Å². The van der Waals surface area contributed by atoms with Crippen LogP contribution in [0.4, 0.5) is 0 Å². The predicted octanol–water partition coefficient (Wildman–Crippen LogP) is 3.72. The number of likely N-dealkylation sites (tertiary alicyclic amines) is 1. The van der Waals surface area contributed by atoms with Crippen molar-refractivity contribution in [3.63, 3.8) is 0 Å². The van der Waals surface area contributed by atoms with Crippen LogP contribution in [-0.2, 0) is 10.5 Å². The number of amides is 2. The van der Waals surface area contributed by atoms with Gasteiger partial charge in [-0.1, -0.05) is 18.2 Å². The lowest BCUT2D eigenvalue weighted by atomic mass is 9.95. The van der Waals surface area contributed by atoms with E-state index in [0.717, 1.165) is 17.1 Å². The van der Waals surface area contributed by atoms with Gasteiger partial charge in [-0.05, 0) is 50.1 Å². The van der Waals surface area contributed by atoms with Gasteiger partial charge in [-0.2, -0.15) is 0 Å². The summed E-state index contributed by atoms with van der Waals surface area (Å²) < 4.78 is 5.76. The van der Waals surface area contributed by atoms with Crippen molar-refractivity contribution in [1.82, 2.24) is 4.90 Å². The maximum Gasteiger partial charge on any atom is 0.253 e. The maximum atomic E-state index is 12.9. The van der Waals surface area contributed by atoms with Gasteiger partial charge in [-0.25, -0.2) is 0 Å². The summed E-state index contributed by atoms with van der Waals surface area (Å²) >= 11 is 1.72. The third-order valence-corrected chi connectivity index (χ3v) is 5.99. The smallest absolute Gasteiger partial charge is 0.253 e. The molecule has 1 aliphatic rings. The van der Waals surface area contributed by atoms with Crippen molar-refractivity contribution >= 4 is 23.6 Å². The third-order valence-electron chi connectivity index (χ3n) is 4.93. The van der Waals surface area contributed by atoms with Crippen molar-refractivity contribution in [2.45, 2.75) is 30.4 Å². The molecule has 0 aliphatic carbocycles. The molecule has 148 valence electrons. The van der Waals surface area contributed by atoms with Gasteiger partial charge in [0.25, 0.3) is 5.91 Å². The van der Waals surface area contributed by atoms with Crippen LogP contribution in [0.5, 0.6) is 5.75 Å². The summed E-state index contributed by atoms with van der Waals surface area (Å²) in [6.07, 6.45) is 1.27. The summed E-state index contributed by atoms with van der Waals surface area (Å²) in [7, 11) is 0. The van der Waals surface area contributed by atoms with E-state index in [2.05, 4.69) is 12.1 Å². The van der Waals surface area contributed by atoms with E-state index in [4.69, 9.17) is 10.5 Å². The standard InChI is InChI=1S/C22H26N2O3S/c1-2-27-20-9-8-17(14-18(20)15-28-19-6-4-3-5-7-19)22(26)24-12-10-16(11-13-24)21(23)25/h3-9,14,16H,2,10-13,15H2,1H3,(H2,23,25). The zero-order valence-electron chi connectivity index (χ0n) is 16.1. The first-order valence-corrected chi connectivity index (χ1v) is 10.6. The fourth-order valence-electron chi connectivity index (χ4n) is 3.35. The molecule has 28 heavy (non-hydrogen) atoms. The van der Waals surface area contributed by atoms with E-state index in [-0.39, 0.29) is 17.7 Å². The first-order chi connectivity index (χ1) is 13.6. The van der Waals surface area contributed by atoms with E-state index >= 15 is 0 Å². The monoisotopic (exact) mass is 398 g/mol. The van der Waals surface area contributed by atoms with Crippen LogP contribution in [0.25, 0.3) is 0 Å². The third kappa shape index (κ3) is 5.07. The highest BCUT2D eigenvalue weighted by atomic mass is 32.2. The first-order valence-electron chi connectivity index (χ1n) is 9.60. The molecule has 0 saturated carbocycles. The topological polar surface area (TPSA) is 72.6 Å². The summed E-state index contributed by atoms with van der Waals surface area (Å²) in [6, 6.07) is 15.8. The highest BCUT2D eigenvalue weighted by molar-refractivity contribution is 7.98. The van der Waals surface area contributed by atoms with E-state index in [9.17, 15) is 9.59 Å². The van der Waals surface area contributed by atoms with Gasteiger partial charge in [0.1, 0.15) is 5.75 Å².